The number of piperidine rings is 1. The third-order valence-electron chi connectivity index (χ3n) is 7.09. The van der Waals surface area contributed by atoms with Crippen LogP contribution in [-0.4, -0.2) is 86.7 Å². The van der Waals surface area contributed by atoms with Gasteiger partial charge < -0.3 is 19.3 Å². The van der Waals surface area contributed by atoms with E-state index >= 15 is 0 Å². The first-order valence-corrected chi connectivity index (χ1v) is 12.2. The predicted molar refractivity (Wildman–Crippen MR) is 130 cm³/mol. The summed E-state index contributed by atoms with van der Waals surface area (Å²) in [5.74, 6) is 0.961. The molecule has 0 bridgehead atoms. The lowest BCUT2D eigenvalue weighted by Gasteiger charge is -2.38. The molecule has 0 atom stereocenters. The third-order valence-corrected chi connectivity index (χ3v) is 7.09. The Labute approximate surface area is 200 Å². The second-order valence-electron chi connectivity index (χ2n) is 9.05. The summed E-state index contributed by atoms with van der Waals surface area (Å²) in [7, 11) is 0. The molecule has 8 heteroatoms. The fraction of sp³-hybridized carbons (Fsp3) is 0.423. The molecule has 0 N–H and O–H groups in total. The van der Waals surface area contributed by atoms with E-state index in [4.69, 9.17) is 0 Å². The number of piperazine rings is 1. The van der Waals surface area contributed by atoms with E-state index < -0.39 is 0 Å². The minimum Gasteiger partial charge on any atom is -0.340 e. The van der Waals surface area contributed by atoms with Crippen LogP contribution in [0.25, 0.3) is 11.5 Å². The van der Waals surface area contributed by atoms with Gasteiger partial charge in [-0.05, 0) is 43.7 Å². The number of para-hydroxylation sites is 1. The molecule has 4 heterocycles. The molecule has 3 aromatic rings. The van der Waals surface area contributed by atoms with Gasteiger partial charge in [-0.3, -0.25) is 9.59 Å². The van der Waals surface area contributed by atoms with Crippen LogP contribution in [0.15, 0.2) is 61.1 Å². The summed E-state index contributed by atoms with van der Waals surface area (Å²) in [5.41, 5.74) is 1.47. The maximum Gasteiger partial charge on any atom is 0.259 e. The Morgan fingerprint density at radius 2 is 1.56 bits per heavy atom. The van der Waals surface area contributed by atoms with Gasteiger partial charge in [0.05, 0.1) is 11.9 Å². The van der Waals surface area contributed by atoms with E-state index in [1.54, 1.807) is 10.9 Å². The Morgan fingerprint density at radius 3 is 2.21 bits per heavy atom. The molecule has 2 aliphatic rings. The van der Waals surface area contributed by atoms with Crippen LogP contribution < -0.4 is 0 Å². The number of likely N-dealkylation sites (N-methyl/N-ethyl adjacent to an activating group) is 1. The molecule has 2 fully saturated rings. The number of hydrogen-bond acceptors (Lipinski definition) is 4. The van der Waals surface area contributed by atoms with Crippen molar-refractivity contribution in [2.75, 3.05) is 45.8 Å². The van der Waals surface area contributed by atoms with Crippen molar-refractivity contribution in [3.05, 3.63) is 66.6 Å². The van der Waals surface area contributed by atoms with Crippen molar-refractivity contribution in [3.8, 4) is 11.5 Å². The molecule has 0 unspecified atom stereocenters. The van der Waals surface area contributed by atoms with Gasteiger partial charge in [-0.15, -0.1) is 0 Å². The molecule has 8 nitrogen and oxygen atoms in total. The number of aromatic nitrogens is 3. The second kappa shape index (κ2) is 9.85. The first-order valence-electron chi connectivity index (χ1n) is 12.2. The molecule has 0 spiro atoms. The minimum atomic E-state index is -0.0339. The Bertz CT molecular complexity index is 1110. The van der Waals surface area contributed by atoms with Gasteiger partial charge >= 0.3 is 0 Å². The van der Waals surface area contributed by atoms with E-state index in [0.29, 0.717) is 31.5 Å². The number of carbonyl (C=O) groups excluding carboxylic acids is 2. The maximum absolute atomic E-state index is 13.6. The second-order valence-corrected chi connectivity index (χ2v) is 9.05. The van der Waals surface area contributed by atoms with Crippen molar-refractivity contribution < 1.29 is 9.59 Å². The summed E-state index contributed by atoms with van der Waals surface area (Å²) in [6, 6.07) is 13.7. The Morgan fingerprint density at radius 1 is 0.882 bits per heavy atom. The monoisotopic (exact) mass is 460 g/mol. The van der Waals surface area contributed by atoms with Crippen molar-refractivity contribution in [2.24, 2.45) is 5.92 Å². The Kier molecular flexibility index (Phi) is 6.49. The van der Waals surface area contributed by atoms with Crippen LogP contribution in [-0.2, 0) is 4.79 Å². The van der Waals surface area contributed by atoms with Gasteiger partial charge in [0.25, 0.3) is 5.91 Å². The summed E-state index contributed by atoms with van der Waals surface area (Å²) in [5, 5.41) is 4.56. The Balaban J connectivity index is 1.29. The van der Waals surface area contributed by atoms with E-state index in [-0.39, 0.29) is 17.7 Å². The molecule has 0 radical (unpaired) electrons. The van der Waals surface area contributed by atoms with Gasteiger partial charge in [0.15, 0.2) is 5.82 Å². The highest BCUT2D eigenvalue weighted by Crippen LogP contribution is 2.25. The molecular formula is C26H32N6O2. The van der Waals surface area contributed by atoms with E-state index in [1.165, 1.54) is 0 Å². The van der Waals surface area contributed by atoms with Gasteiger partial charge in [-0.2, -0.15) is 5.10 Å². The van der Waals surface area contributed by atoms with E-state index in [1.807, 2.05) is 69.2 Å². The first kappa shape index (κ1) is 22.4. The molecule has 5 rings (SSSR count). The van der Waals surface area contributed by atoms with Gasteiger partial charge in [0, 0.05) is 57.6 Å². The first-order chi connectivity index (χ1) is 16.7. The molecule has 0 aliphatic carbocycles. The topological polar surface area (TPSA) is 66.6 Å². The zero-order chi connectivity index (χ0) is 23.5. The lowest BCUT2D eigenvalue weighted by Crippen LogP contribution is -2.51. The van der Waals surface area contributed by atoms with Crippen molar-refractivity contribution in [1.29, 1.82) is 0 Å². The minimum absolute atomic E-state index is 0.00758. The van der Waals surface area contributed by atoms with Crippen LogP contribution in [0.3, 0.4) is 0 Å². The predicted octanol–water partition coefficient (Wildman–Crippen LogP) is 2.68. The summed E-state index contributed by atoms with van der Waals surface area (Å²) in [6.07, 6.45) is 6.94. The molecule has 2 saturated heterocycles. The standard InChI is InChI=1S/C26H32N6O2/c1-2-28-16-18-31(19-17-28)25(33)21-10-14-30(15-11-21)26(34)23-20-27-32(22-8-4-3-5-9-22)24(23)29-12-6-7-13-29/h3-9,12-13,20-21H,2,10-11,14-19H2,1H3. The van der Waals surface area contributed by atoms with Crippen molar-refractivity contribution in [2.45, 2.75) is 19.8 Å². The zero-order valence-corrected chi connectivity index (χ0v) is 19.7. The van der Waals surface area contributed by atoms with Gasteiger partial charge in [-0.1, -0.05) is 25.1 Å². The van der Waals surface area contributed by atoms with Crippen LogP contribution in [0, 0.1) is 5.92 Å². The van der Waals surface area contributed by atoms with E-state index in [0.717, 1.165) is 44.2 Å². The van der Waals surface area contributed by atoms with Crippen LogP contribution in [0.4, 0.5) is 0 Å². The molecule has 2 amide bonds. The highest BCUT2D eigenvalue weighted by Gasteiger charge is 2.33. The molecule has 178 valence electrons. The molecule has 2 aromatic heterocycles. The van der Waals surface area contributed by atoms with Crippen molar-refractivity contribution in [3.63, 3.8) is 0 Å². The summed E-state index contributed by atoms with van der Waals surface area (Å²) >= 11 is 0. The van der Waals surface area contributed by atoms with Crippen LogP contribution in [0.5, 0.6) is 0 Å². The average molecular weight is 461 g/mol. The smallest absolute Gasteiger partial charge is 0.259 e. The normalized spacial score (nSPS) is 17.8. The van der Waals surface area contributed by atoms with Gasteiger partial charge in [-0.25, -0.2) is 4.68 Å². The lowest BCUT2D eigenvalue weighted by molar-refractivity contribution is -0.138. The summed E-state index contributed by atoms with van der Waals surface area (Å²) in [6.45, 7) is 7.90. The van der Waals surface area contributed by atoms with E-state index in [9.17, 15) is 9.59 Å². The van der Waals surface area contributed by atoms with Crippen LogP contribution in [0.2, 0.25) is 0 Å². The average Bonchev–Trinajstić information content (AvgIpc) is 3.59. The van der Waals surface area contributed by atoms with E-state index in [2.05, 4.69) is 16.9 Å². The summed E-state index contributed by atoms with van der Waals surface area (Å²) < 4.78 is 3.74. The molecule has 0 saturated carbocycles. The Hall–Kier alpha value is -3.39. The number of likely N-dealkylation sites (tertiary alicyclic amines) is 1. The molecule has 2 aliphatic heterocycles. The van der Waals surface area contributed by atoms with Crippen LogP contribution in [0.1, 0.15) is 30.1 Å². The number of benzene rings is 1. The summed E-state index contributed by atoms with van der Waals surface area (Å²) in [4.78, 5) is 32.9. The quantitative estimate of drug-likeness (QED) is 0.587. The third kappa shape index (κ3) is 4.37. The SMILES string of the molecule is CCN1CCN(C(=O)C2CCN(C(=O)c3cnn(-c4ccccc4)c3-n3cccc3)CC2)CC1. The molecular weight excluding hydrogens is 428 g/mol. The van der Waals surface area contributed by atoms with Crippen molar-refractivity contribution in [1.82, 2.24) is 29.0 Å². The fourth-order valence-electron chi connectivity index (χ4n) is 5.02. The molecule has 34 heavy (non-hydrogen) atoms. The van der Waals surface area contributed by atoms with Gasteiger partial charge in [0.1, 0.15) is 5.56 Å². The van der Waals surface area contributed by atoms with Gasteiger partial charge in [0.2, 0.25) is 5.91 Å². The lowest BCUT2D eigenvalue weighted by atomic mass is 9.94. The number of carbonyl (C=O) groups is 2. The number of nitrogens with zero attached hydrogens (tertiary/aromatic N) is 6. The van der Waals surface area contributed by atoms with Crippen LogP contribution >= 0.6 is 0 Å². The number of amides is 2. The highest BCUT2D eigenvalue weighted by atomic mass is 16.2. The zero-order valence-electron chi connectivity index (χ0n) is 19.7. The fourth-order valence-corrected chi connectivity index (χ4v) is 5.02. The maximum atomic E-state index is 13.6. The highest BCUT2D eigenvalue weighted by molar-refractivity contribution is 5.97. The van der Waals surface area contributed by atoms with Crippen molar-refractivity contribution >= 4 is 11.8 Å². The molecule has 1 aromatic carbocycles. The number of hydrogen-bond donors (Lipinski definition) is 0. The largest absolute Gasteiger partial charge is 0.340 e. The number of rotatable bonds is 5.